The second-order valence-electron chi connectivity index (χ2n) is 6.21. The van der Waals surface area contributed by atoms with Crippen molar-refractivity contribution in [2.75, 3.05) is 19.5 Å². The highest BCUT2D eigenvalue weighted by Gasteiger charge is 2.26. The lowest BCUT2D eigenvalue weighted by atomic mass is 10.2. The first kappa shape index (κ1) is 21.1. The standard InChI is InChI=1S/C17H25NO6S/c1-17(2,3)24-15(20)18-13(14(19)10-23-16(21)22-4)11-25-12-8-6-5-7-9-12/h5-9,13-14,19H,10-11H2,1-4H3,(H,18,20). The minimum Gasteiger partial charge on any atom is -0.444 e. The molecule has 0 spiro atoms. The lowest BCUT2D eigenvalue weighted by molar-refractivity contribution is 0.0128. The van der Waals surface area contributed by atoms with Crippen molar-refractivity contribution in [3.05, 3.63) is 30.3 Å². The number of carbonyl (C=O) groups is 2. The van der Waals surface area contributed by atoms with Gasteiger partial charge in [0.05, 0.1) is 13.2 Å². The smallest absolute Gasteiger partial charge is 0.444 e. The molecule has 8 heteroatoms. The molecule has 0 saturated heterocycles. The number of alkyl carbamates (subject to hydrolysis) is 1. The number of methoxy groups -OCH3 is 1. The van der Waals surface area contributed by atoms with E-state index >= 15 is 0 Å². The normalized spacial score (nSPS) is 13.5. The van der Waals surface area contributed by atoms with Crippen LogP contribution in [0.5, 0.6) is 0 Å². The van der Waals surface area contributed by atoms with Gasteiger partial charge in [0.1, 0.15) is 18.3 Å². The molecule has 1 rings (SSSR count). The second kappa shape index (κ2) is 10.1. The van der Waals surface area contributed by atoms with Gasteiger partial charge in [-0.05, 0) is 32.9 Å². The predicted molar refractivity (Wildman–Crippen MR) is 94.7 cm³/mol. The first-order chi connectivity index (χ1) is 11.7. The number of aliphatic hydroxyl groups excluding tert-OH is 1. The first-order valence-corrected chi connectivity index (χ1v) is 8.76. The van der Waals surface area contributed by atoms with Gasteiger partial charge in [0.15, 0.2) is 0 Å². The molecule has 0 bridgehead atoms. The molecule has 1 aromatic carbocycles. The van der Waals surface area contributed by atoms with Crippen LogP contribution in [0.1, 0.15) is 20.8 Å². The number of nitrogens with one attached hydrogen (secondary N) is 1. The summed E-state index contributed by atoms with van der Waals surface area (Å²) in [7, 11) is 1.18. The van der Waals surface area contributed by atoms with E-state index in [1.54, 1.807) is 20.8 Å². The zero-order valence-corrected chi connectivity index (χ0v) is 15.7. The lowest BCUT2D eigenvalue weighted by Gasteiger charge is -2.26. The number of rotatable bonds is 7. The summed E-state index contributed by atoms with van der Waals surface area (Å²) in [5.41, 5.74) is -0.658. The molecule has 0 aliphatic rings. The molecule has 0 aliphatic carbocycles. The van der Waals surface area contributed by atoms with Crippen LogP contribution in [0.25, 0.3) is 0 Å². The fraction of sp³-hybridized carbons (Fsp3) is 0.529. The molecule has 7 nitrogen and oxygen atoms in total. The zero-order chi connectivity index (χ0) is 18.9. The Morgan fingerprint density at radius 1 is 1.24 bits per heavy atom. The molecule has 2 atom stereocenters. The van der Waals surface area contributed by atoms with Crippen molar-refractivity contribution in [1.29, 1.82) is 0 Å². The summed E-state index contributed by atoms with van der Waals surface area (Å²) in [5.74, 6) is 0.370. The van der Waals surface area contributed by atoms with Crippen molar-refractivity contribution in [2.24, 2.45) is 0 Å². The number of hydrogen-bond acceptors (Lipinski definition) is 7. The zero-order valence-electron chi connectivity index (χ0n) is 14.9. The Bertz CT molecular complexity index is 546. The molecule has 0 radical (unpaired) electrons. The van der Waals surface area contributed by atoms with E-state index in [1.165, 1.54) is 18.9 Å². The van der Waals surface area contributed by atoms with E-state index in [0.717, 1.165) is 4.90 Å². The van der Waals surface area contributed by atoms with Crippen molar-refractivity contribution in [2.45, 2.75) is 43.4 Å². The maximum atomic E-state index is 12.0. The topological polar surface area (TPSA) is 94.1 Å². The molecule has 1 amide bonds. The third-order valence-electron chi connectivity index (χ3n) is 2.88. The van der Waals surface area contributed by atoms with Crippen LogP contribution < -0.4 is 5.32 Å². The number of aliphatic hydroxyl groups is 1. The number of thioether (sulfide) groups is 1. The van der Waals surface area contributed by atoms with Crippen LogP contribution in [0.3, 0.4) is 0 Å². The Labute approximate surface area is 152 Å². The van der Waals surface area contributed by atoms with Crippen molar-refractivity contribution >= 4 is 24.0 Å². The fourth-order valence-corrected chi connectivity index (χ4v) is 2.77. The van der Waals surface area contributed by atoms with Gasteiger partial charge in [-0.1, -0.05) is 18.2 Å². The molecule has 25 heavy (non-hydrogen) atoms. The van der Waals surface area contributed by atoms with Crippen LogP contribution in [0, 0.1) is 0 Å². The highest BCUT2D eigenvalue weighted by molar-refractivity contribution is 7.99. The molecular weight excluding hydrogens is 346 g/mol. The van der Waals surface area contributed by atoms with Crippen LogP contribution in [0.2, 0.25) is 0 Å². The minimum atomic E-state index is -1.11. The Morgan fingerprint density at radius 2 is 1.88 bits per heavy atom. The monoisotopic (exact) mass is 371 g/mol. The van der Waals surface area contributed by atoms with Crippen LogP contribution in [-0.2, 0) is 14.2 Å². The average Bonchev–Trinajstić information content (AvgIpc) is 2.55. The van der Waals surface area contributed by atoms with E-state index < -0.39 is 30.0 Å². The SMILES string of the molecule is COC(=O)OCC(O)C(CSc1ccccc1)NC(=O)OC(C)(C)C. The van der Waals surface area contributed by atoms with Crippen LogP contribution in [0.15, 0.2) is 35.2 Å². The van der Waals surface area contributed by atoms with E-state index in [2.05, 4.69) is 10.1 Å². The first-order valence-electron chi connectivity index (χ1n) is 7.77. The van der Waals surface area contributed by atoms with Crippen molar-refractivity contribution in [1.82, 2.24) is 5.32 Å². The number of benzene rings is 1. The Balaban J connectivity index is 2.67. The van der Waals surface area contributed by atoms with E-state index in [0.29, 0.717) is 5.75 Å². The highest BCUT2D eigenvalue weighted by atomic mass is 32.2. The Hall–Kier alpha value is -1.93. The van der Waals surface area contributed by atoms with Gasteiger partial charge < -0.3 is 24.6 Å². The largest absolute Gasteiger partial charge is 0.508 e. The fourth-order valence-electron chi connectivity index (χ4n) is 1.74. The summed E-state index contributed by atoms with van der Waals surface area (Å²) in [6.45, 7) is 4.94. The van der Waals surface area contributed by atoms with Gasteiger partial charge in [-0.15, -0.1) is 11.8 Å². The number of carbonyl (C=O) groups excluding carboxylic acids is 2. The number of amides is 1. The van der Waals surface area contributed by atoms with Crippen LogP contribution in [-0.4, -0.2) is 54.6 Å². The molecular formula is C17H25NO6S. The molecule has 0 heterocycles. The van der Waals surface area contributed by atoms with Gasteiger partial charge in [0.25, 0.3) is 0 Å². The summed E-state index contributed by atoms with van der Waals surface area (Å²) in [6, 6.07) is 8.87. The Morgan fingerprint density at radius 3 is 2.44 bits per heavy atom. The van der Waals surface area contributed by atoms with E-state index in [-0.39, 0.29) is 6.61 Å². The van der Waals surface area contributed by atoms with Gasteiger partial charge in [-0.3, -0.25) is 0 Å². The second-order valence-corrected chi connectivity index (χ2v) is 7.30. The lowest BCUT2D eigenvalue weighted by Crippen LogP contribution is -2.48. The molecule has 1 aromatic rings. The maximum absolute atomic E-state index is 12.0. The molecule has 0 saturated carbocycles. The molecule has 140 valence electrons. The average molecular weight is 371 g/mol. The minimum absolute atomic E-state index is 0.303. The molecule has 2 N–H and O–H groups in total. The van der Waals surface area contributed by atoms with Crippen molar-refractivity contribution in [3.8, 4) is 0 Å². The van der Waals surface area contributed by atoms with Crippen LogP contribution in [0.4, 0.5) is 9.59 Å². The summed E-state index contributed by atoms with van der Waals surface area (Å²) < 4.78 is 14.3. The third-order valence-corrected chi connectivity index (χ3v) is 4.01. The van der Waals surface area contributed by atoms with Crippen LogP contribution >= 0.6 is 11.8 Å². The Kier molecular flexibility index (Phi) is 8.57. The van der Waals surface area contributed by atoms with E-state index in [1.807, 2.05) is 30.3 Å². The quantitative estimate of drug-likeness (QED) is 0.562. The third kappa shape index (κ3) is 9.21. The molecule has 0 aromatic heterocycles. The number of ether oxygens (including phenoxy) is 3. The van der Waals surface area contributed by atoms with E-state index in [4.69, 9.17) is 9.47 Å². The summed E-state index contributed by atoms with van der Waals surface area (Å²) >= 11 is 1.45. The van der Waals surface area contributed by atoms with Gasteiger partial charge in [-0.2, -0.15) is 0 Å². The summed E-state index contributed by atoms with van der Waals surface area (Å²) in [6.07, 6.45) is -2.66. The molecule has 2 unspecified atom stereocenters. The van der Waals surface area contributed by atoms with Gasteiger partial charge in [0, 0.05) is 10.6 Å². The molecule has 0 fully saturated rings. The van der Waals surface area contributed by atoms with Gasteiger partial charge in [0.2, 0.25) is 0 Å². The van der Waals surface area contributed by atoms with E-state index in [9.17, 15) is 14.7 Å². The molecule has 0 aliphatic heterocycles. The summed E-state index contributed by atoms with van der Waals surface area (Å²) in [4.78, 5) is 24.0. The predicted octanol–water partition coefficient (Wildman–Crippen LogP) is 2.82. The number of hydrogen-bond donors (Lipinski definition) is 2. The van der Waals surface area contributed by atoms with Gasteiger partial charge >= 0.3 is 12.2 Å². The maximum Gasteiger partial charge on any atom is 0.508 e. The van der Waals surface area contributed by atoms with Gasteiger partial charge in [-0.25, -0.2) is 9.59 Å². The van der Waals surface area contributed by atoms with Crippen molar-refractivity contribution in [3.63, 3.8) is 0 Å². The highest BCUT2D eigenvalue weighted by Crippen LogP contribution is 2.19. The van der Waals surface area contributed by atoms with Crippen molar-refractivity contribution < 1.29 is 28.9 Å². The summed E-state index contributed by atoms with van der Waals surface area (Å²) in [5, 5.41) is 12.9.